The molecule has 2 rings (SSSR count). The molecule has 0 aliphatic heterocycles. The Morgan fingerprint density at radius 3 is 3.13 bits per heavy atom. The van der Waals surface area contributed by atoms with Crippen molar-refractivity contribution in [2.45, 2.75) is 19.8 Å². The zero-order chi connectivity index (χ0) is 10.7. The third-order valence-electron chi connectivity index (χ3n) is 2.09. The Labute approximate surface area is 91.1 Å². The van der Waals surface area contributed by atoms with E-state index in [9.17, 15) is 4.79 Å². The van der Waals surface area contributed by atoms with Crippen LogP contribution in [0.4, 0.5) is 0 Å². The molecule has 0 unspecified atom stereocenters. The lowest BCUT2D eigenvalue weighted by Gasteiger charge is -1.95. The van der Waals surface area contributed by atoms with Crippen LogP contribution >= 0.6 is 11.5 Å². The van der Waals surface area contributed by atoms with Crippen molar-refractivity contribution in [1.29, 1.82) is 0 Å². The third-order valence-corrected chi connectivity index (χ3v) is 2.90. The van der Waals surface area contributed by atoms with Gasteiger partial charge < -0.3 is 4.42 Å². The molecule has 4 nitrogen and oxygen atoms in total. The summed E-state index contributed by atoms with van der Waals surface area (Å²) in [6, 6.07) is 1.79. The summed E-state index contributed by atoms with van der Waals surface area (Å²) in [5, 5.41) is 3.91. The number of ketones is 1. The van der Waals surface area contributed by atoms with E-state index in [0.29, 0.717) is 11.3 Å². The maximum absolute atomic E-state index is 11.8. The minimum atomic E-state index is 0.0586. The summed E-state index contributed by atoms with van der Waals surface area (Å²) in [7, 11) is 0. The Morgan fingerprint density at radius 1 is 1.60 bits per heavy atom. The smallest absolute Gasteiger partial charge is 0.180 e. The Hall–Kier alpha value is -1.49. The van der Waals surface area contributed by atoms with Gasteiger partial charge in [-0.15, -0.1) is 5.10 Å². The number of rotatable bonds is 4. The fourth-order valence-corrected chi connectivity index (χ4v) is 2.00. The van der Waals surface area contributed by atoms with Crippen molar-refractivity contribution in [3.8, 4) is 0 Å². The maximum Gasteiger partial charge on any atom is 0.180 e. The van der Waals surface area contributed by atoms with Gasteiger partial charge >= 0.3 is 0 Å². The van der Waals surface area contributed by atoms with Crippen LogP contribution in [0.5, 0.6) is 0 Å². The molecule has 0 amide bonds. The molecule has 0 atom stereocenters. The average molecular weight is 222 g/mol. The van der Waals surface area contributed by atoms with Crippen LogP contribution in [0.2, 0.25) is 0 Å². The van der Waals surface area contributed by atoms with Gasteiger partial charge in [0.05, 0.1) is 18.2 Å². The highest BCUT2D eigenvalue weighted by atomic mass is 32.1. The minimum Gasteiger partial charge on any atom is -0.472 e. The topological polar surface area (TPSA) is 56.0 Å². The number of hydrogen-bond acceptors (Lipinski definition) is 5. The number of aromatic nitrogens is 2. The standard InChI is InChI=1S/C10H10N2O2S/c1-2-8-10(15-12-11-8)9(13)5-7-3-4-14-6-7/h3-4,6H,2,5H2,1H3. The predicted octanol–water partition coefficient (Wildman–Crippen LogP) is 2.12. The highest BCUT2D eigenvalue weighted by Gasteiger charge is 2.15. The van der Waals surface area contributed by atoms with Gasteiger partial charge in [0.1, 0.15) is 4.88 Å². The molecule has 0 saturated carbocycles. The second kappa shape index (κ2) is 4.35. The molecule has 0 aliphatic carbocycles. The van der Waals surface area contributed by atoms with Gasteiger partial charge in [-0.25, -0.2) is 0 Å². The van der Waals surface area contributed by atoms with E-state index >= 15 is 0 Å². The van der Waals surface area contributed by atoms with Crippen LogP contribution in [0.25, 0.3) is 0 Å². The molecule has 0 spiro atoms. The van der Waals surface area contributed by atoms with Gasteiger partial charge in [-0.2, -0.15) is 0 Å². The quantitative estimate of drug-likeness (QED) is 0.743. The Morgan fingerprint density at radius 2 is 2.47 bits per heavy atom. The van der Waals surface area contributed by atoms with E-state index in [4.69, 9.17) is 4.42 Å². The van der Waals surface area contributed by atoms with E-state index in [-0.39, 0.29) is 5.78 Å². The molecule has 0 aliphatic rings. The van der Waals surface area contributed by atoms with Crippen molar-refractivity contribution in [3.63, 3.8) is 0 Å². The number of nitrogens with zero attached hydrogens (tertiary/aromatic N) is 2. The first-order valence-corrected chi connectivity index (χ1v) is 5.44. The third kappa shape index (κ3) is 2.12. The highest BCUT2D eigenvalue weighted by molar-refractivity contribution is 7.08. The molecule has 2 heterocycles. The van der Waals surface area contributed by atoms with Crippen LogP contribution in [-0.2, 0) is 12.8 Å². The molecule has 15 heavy (non-hydrogen) atoms. The van der Waals surface area contributed by atoms with Crippen LogP contribution in [0.15, 0.2) is 23.0 Å². The van der Waals surface area contributed by atoms with Crippen molar-refractivity contribution in [3.05, 3.63) is 34.7 Å². The van der Waals surface area contributed by atoms with Gasteiger partial charge in [0, 0.05) is 6.42 Å². The number of carbonyl (C=O) groups excluding carboxylic acids is 1. The van der Waals surface area contributed by atoms with Crippen LogP contribution in [0.1, 0.15) is 27.9 Å². The van der Waals surface area contributed by atoms with Crippen LogP contribution in [0, 0.1) is 0 Å². The lowest BCUT2D eigenvalue weighted by Crippen LogP contribution is -2.03. The minimum absolute atomic E-state index is 0.0586. The van der Waals surface area contributed by atoms with Gasteiger partial charge in [-0.05, 0) is 29.6 Å². The number of Topliss-reactive ketones (excluding diaryl/α,β-unsaturated/α-hetero) is 1. The molecular formula is C10H10N2O2S. The molecule has 0 radical (unpaired) electrons. The van der Waals surface area contributed by atoms with Crippen molar-refractivity contribution < 1.29 is 9.21 Å². The van der Waals surface area contributed by atoms with Crippen molar-refractivity contribution in [2.75, 3.05) is 0 Å². The Bertz CT molecular complexity index is 448. The molecule has 0 N–H and O–H groups in total. The van der Waals surface area contributed by atoms with Gasteiger partial charge in [0.15, 0.2) is 5.78 Å². The highest BCUT2D eigenvalue weighted by Crippen LogP contribution is 2.15. The van der Waals surface area contributed by atoms with E-state index in [2.05, 4.69) is 9.59 Å². The molecule has 0 bridgehead atoms. The van der Waals surface area contributed by atoms with E-state index in [1.54, 1.807) is 18.6 Å². The summed E-state index contributed by atoms with van der Waals surface area (Å²) in [4.78, 5) is 12.5. The summed E-state index contributed by atoms with van der Waals surface area (Å²) in [6.45, 7) is 1.96. The van der Waals surface area contributed by atoms with Gasteiger partial charge in [-0.1, -0.05) is 11.4 Å². The lowest BCUT2D eigenvalue weighted by atomic mass is 10.1. The first-order valence-electron chi connectivity index (χ1n) is 4.66. The Kier molecular flexibility index (Phi) is 2.91. The van der Waals surface area contributed by atoms with E-state index < -0.39 is 0 Å². The lowest BCUT2D eigenvalue weighted by molar-refractivity contribution is 0.0995. The number of aryl methyl sites for hydroxylation is 1. The van der Waals surface area contributed by atoms with Gasteiger partial charge in [0.2, 0.25) is 0 Å². The molecule has 78 valence electrons. The first-order chi connectivity index (χ1) is 7.31. The van der Waals surface area contributed by atoms with Crippen molar-refractivity contribution >= 4 is 17.3 Å². The normalized spacial score (nSPS) is 10.5. The number of hydrogen-bond donors (Lipinski definition) is 0. The molecule has 2 aromatic rings. The van der Waals surface area contributed by atoms with E-state index in [0.717, 1.165) is 29.2 Å². The van der Waals surface area contributed by atoms with Crippen molar-refractivity contribution in [2.24, 2.45) is 0 Å². The molecule has 5 heteroatoms. The number of carbonyl (C=O) groups is 1. The van der Waals surface area contributed by atoms with Crippen LogP contribution in [0.3, 0.4) is 0 Å². The summed E-state index contributed by atoms with van der Waals surface area (Å²) < 4.78 is 8.70. The monoisotopic (exact) mass is 222 g/mol. The second-order valence-corrected chi connectivity index (χ2v) is 3.89. The summed E-state index contributed by atoms with van der Waals surface area (Å²) in [5.41, 5.74) is 1.67. The molecular weight excluding hydrogens is 212 g/mol. The predicted molar refractivity (Wildman–Crippen MR) is 56.0 cm³/mol. The number of furan rings is 1. The second-order valence-electron chi connectivity index (χ2n) is 3.13. The zero-order valence-corrected chi connectivity index (χ0v) is 9.08. The molecule has 0 aromatic carbocycles. The Balaban J connectivity index is 2.15. The fourth-order valence-electron chi connectivity index (χ4n) is 1.31. The van der Waals surface area contributed by atoms with E-state index in [1.807, 2.05) is 6.92 Å². The molecule has 0 fully saturated rings. The van der Waals surface area contributed by atoms with Crippen molar-refractivity contribution in [1.82, 2.24) is 9.59 Å². The zero-order valence-electron chi connectivity index (χ0n) is 8.27. The maximum atomic E-state index is 11.8. The summed E-state index contributed by atoms with van der Waals surface area (Å²) >= 11 is 1.16. The summed E-state index contributed by atoms with van der Waals surface area (Å²) in [5.74, 6) is 0.0586. The largest absolute Gasteiger partial charge is 0.472 e. The fraction of sp³-hybridized carbons (Fsp3) is 0.300. The van der Waals surface area contributed by atoms with Crippen LogP contribution in [-0.4, -0.2) is 15.4 Å². The van der Waals surface area contributed by atoms with E-state index in [1.165, 1.54) is 0 Å². The van der Waals surface area contributed by atoms with Crippen LogP contribution < -0.4 is 0 Å². The molecule has 2 aromatic heterocycles. The molecule has 0 saturated heterocycles. The van der Waals surface area contributed by atoms with Gasteiger partial charge in [0.25, 0.3) is 0 Å². The van der Waals surface area contributed by atoms with Gasteiger partial charge in [-0.3, -0.25) is 4.79 Å². The average Bonchev–Trinajstić information content (AvgIpc) is 2.86. The summed E-state index contributed by atoms with van der Waals surface area (Å²) in [6.07, 6.45) is 4.24. The first kappa shape index (κ1) is 10.0. The SMILES string of the molecule is CCc1nnsc1C(=O)Cc1ccoc1.